The molecule has 1 fully saturated rings. The molecular weight excluding hydrogens is 182 g/mol. The summed E-state index contributed by atoms with van der Waals surface area (Å²) in [6, 6.07) is 2.18. The van der Waals surface area contributed by atoms with Crippen molar-refractivity contribution in [3.05, 3.63) is 21.9 Å². The number of carbonyl (C=O) groups is 1. The molecule has 2 rings (SSSR count). The first-order valence-corrected chi connectivity index (χ1v) is 5.45. The first-order valence-electron chi connectivity index (χ1n) is 4.57. The lowest BCUT2D eigenvalue weighted by molar-refractivity contribution is -0.122. The van der Waals surface area contributed by atoms with Crippen LogP contribution in [0.1, 0.15) is 16.9 Å². The van der Waals surface area contributed by atoms with Gasteiger partial charge in [-0.05, 0) is 36.8 Å². The molecule has 1 aliphatic rings. The molecule has 0 spiro atoms. The molecule has 1 N–H and O–H groups in total. The molecule has 70 valence electrons. The molecule has 1 aliphatic heterocycles. The summed E-state index contributed by atoms with van der Waals surface area (Å²) in [5.41, 5.74) is 1.31. The van der Waals surface area contributed by atoms with Crippen LogP contribution in [-0.4, -0.2) is 12.5 Å². The quantitative estimate of drug-likeness (QED) is 0.765. The summed E-state index contributed by atoms with van der Waals surface area (Å²) in [5.74, 6) is 0.442. The highest BCUT2D eigenvalue weighted by Gasteiger charge is 2.24. The van der Waals surface area contributed by atoms with Crippen LogP contribution in [0.25, 0.3) is 0 Å². The monoisotopic (exact) mass is 195 g/mol. The lowest BCUT2D eigenvalue weighted by Gasteiger charge is -2.03. The van der Waals surface area contributed by atoms with Crippen LogP contribution in [0.15, 0.2) is 11.4 Å². The molecule has 0 aliphatic carbocycles. The summed E-state index contributed by atoms with van der Waals surface area (Å²) in [6.45, 7) is 2.95. The molecule has 1 aromatic rings. The standard InChI is InChI=1S/C10H13NOS/c1-7-4-8(6-13-7)5-9-2-3-11-10(9)12/h4,6,9H,2-3,5H2,1H3,(H,11,12). The fourth-order valence-corrected chi connectivity index (χ4v) is 2.45. The van der Waals surface area contributed by atoms with Gasteiger partial charge in [0.05, 0.1) is 0 Å². The topological polar surface area (TPSA) is 29.1 Å². The van der Waals surface area contributed by atoms with E-state index in [4.69, 9.17) is 0 Å². The van der Waals surface area contributed by atoms with Crippen molar-refractivity contribution in [2.45, 2.75) is 19.8 Å². The number of thiophene rings is 1. The first kappa shape index (κ1) is 8.75. The Kier molecular flexibility index (Phi) is 2.36. The molecule has 0 aromatic carbocycles. The number of hydrogen-bond acceptors (Lipinski definition) is 2. The number of hydrogen-bond donors (Lipinski definition) is 1. The van der Waals surface area contributed by atoms with Gasteiger partial charge in [0.15, 0.2) is 0 Å². The Morgan fingerprint density at radius 1 is 1.69 bits per heavy atom. The van der Waals surface area contributed by atoms with Crippen molar-refractivity contribution in [2.24, 2.45) is 5.92 Å². The van der Waals surface area contributed by atoms with Gasteiger partial charge >= 0.3 is 0 Å². The minimum Gasteiger partial charge on any atom is -0.356 e. The molecule has 13 heavy (non-hydrogen) atoms. The van der Waals surface area contributed by atoms with E-state index >= 15 is 0 Å². The van der Waals surface area contributed by atoms with Crippen LogP contribution in [-0.2, 0) is 11.2 Å². The molecule has 2 heterocycles. The predicted octanol–water partition coefficient (Wildman–Crippen LogP) is 1.74. The summed E-state index contributed by atoms with van der Waals surface area (Å²) >= 11 is 1.76. The Labute approximate surface area is 82.0 Å². The summed E-state index contributed by atoms with van der Waals surface area (Å²) in [6.07, 6.45) is 1.91. The van der Waals surface area contributed by atoms with E-state index in [2.05, 4.69) is 23.7 Å². The Bertz CT molecular complexity index is 318. The van der Waals surface area contributed by atoms with Gasteiger partial charge in [-0.1, -0.05) is 0 Å². The molecule has 0 saturated carbocycles. The van der Waals surface area contributed by atoms with E-state index in [1.807, 2.05) is 0 Å². The lowest BCUT2D eigenvalue weighted by Crippen LogP contribution is -2.20. The average Bonchev–Trinajstić information content (AvgIpc) is 2.64. The Morgan fingerprint density at radius 3 is 3.08 bits per heavy atom. The lowest BCUT2D eigenvalue weighted by atomic mass is 10.00. The van der Waals surface area contributed by atoms with Gasteiger partial charge in [-0.3, -0.25) is 4.79 Å². The molecule has 0 bridgehead atoms. The van der Waals surface area contributed by atoms with Crippen molar-refractivity contribution in [2.75, 3.05) is 6.54 Å². The highest BCUT2D eigenvalue weighted by Crippen LogP contribution is 2.20. The number of aryl methyl sites for hydroxylation is 1. The summed E-state index contributed by atoms with van der Waals surface area (Å²) < 4.78 is 0. The molecule has 1 saturated heterocycles. The van der Waals surface area contributed by atoms with Crippen molar-refractivity contribution < 1.29 is 4.79 Å². The molecular formula is C10H13NOS. The van der Waals surface area contributed by atoms with Gasteiger partial charge in [-0.2, -0.15) is 0 Å². The largest absolute Gasteiger partial charge is 0.356 e. The van der Waals surface area contributed by atoms with Crippen LogP contribution < -0.4 is 5.32 Å². The second kappa shape index (κ2) is 3.50. The number of carbonyl (C=O) groups excluding carboxylic acids is 1. The first-order chi connectivity index (χ1) is 6.25. The number of nitrogens with one attached hydrogen (secondary N) is 1. The van der Waals surface area contributed by atoms with E-state index in [9.17, 15) is 4.79 Å². The van der Waals surface area contributed by atoms with Crippen LogP contribution >= 0.6 is 11.3 Å². The van der Waals surface area contributed by atoms with Crippen molar-refractivity contribution in [1.29, 1.82) is 0 Å². The fraction of sp³-hybridized carbons (Fsp3) is 0.500. The normalized spacial score (nSPS) is 21.9. The van der Waals surface area contributed by atoms with E-state index < -0.39 is 0 Å². The van der Waals surface area contributed by atoms with Gasteiger partial charge in [0.25, 0.3) is 0 Å². The molecule has 1 amide bonds. The summed E-state index contributed by atoms with van der Waals surface area (Å²) in [4.78, 5) is 12.6. The van der Waals surface area contributed by atoms with E-state index in [0.29, 0.717) is 0 Å². The van der Waals surface area contributed by atoms with Crippen molar-refractivity contribution in [3.63, 3.8) is 0 Å². The van der Waals surface area contributed by atoms with Gasteiger partial charge in [0, 0.05) is 17.3 Å². The van der Waals surface area contributed by atoms with Gasteiger partial charge in [0.1, 0.15) is 0 Å². The molecule has 1 aromatic heterocycles. The van der Waals surface area contributed by atoms with E-state index in [0.717, 1.165) is 19.4 Å². The van der Waals surface area contributed by atoms with Crippen molar-refractivity contribution in [3.8, 4) is 0 Å². The fourth-order valence-electron chi connectivity index (χ4n) is 1.73. The molecule has 1 atom stereocenters. The Balaban J connectivity index is 2.01. The van der Waals surface area contributed by atoms with Crippen LogP contribution in [0, 0.1) is 12.8 Å². The zero-order valence-corrected chi connectivity index (χ0v) is 8.49. The van der Waals surface area contributed by atoms with Gasteiger partial charge in [0.2, 0.25) is 5.91 Å². The smallest absolute Gasteiger partial charge is 0.223 e. The maximum Gasteiger partial charge on any atom is 0.223 e. The molecule has 2 nitrogen and oxygen atoms in total. The Hall–Kier alpha value is -0.830. The number of amides is 1. The predicted molar refractivity (Wildman–Crippen MR) is 53.9 cm³/mol. The zero-order chi connectivity index (χ0) is 9.26. The van der Waals surface area contributed by atoms with E-state index in [1.165, 1.54) is 10.4 Å². The van der Waals surface area contributed by atoms with E-state index in [-0.39, 0.29) is 11.8 Å². The van der Waals surface area contributed by atoms with Crippen LogP contribution in [0.2, 0.25) is 0 Å². The van der Waals surface area contributed by atoms with Crippen LogP contribution in [0.4, 0.5) is 0 Å². The number of rotatable bonds is 2. The zero-order valence-electron chi connectivity index (χ0n) is 7.67. The molecule has 0 radical (unpaired) electrons. The third kappa shape index (κ3) is 1.91. The van der Waals surface area contributed by atoms with E-state index in [1.54, 1.807) is 11.3 Å². The molecule has 1 unspecified atom stereocenters. The SMILES string of the molecule is Cc1cc(CC2CCNC2=O)cs1. The highest BCUT2D eigenvalue weighted by molar-refractivity contribution is 7.10. The highest BCUT2D eigenvalue weighted by atomic mass is 32.1. The third-order valence-electron chi connectivity index (χ3n) is 2.43. The summed E-state index contributed by atoms with van der Waals surface area (Å²) in [7, 11) is 0. The summed E-state index contributed by atoms with van der Waals surface area (Å²) in [5, 5.41) is 5.01. The minimum absolute atomic E-state index is 0.217. The van der Waals surface area contributed by atoms with Gasteiger partial charge in [-0.15, -0.1) is 11.3 Å². The second-order valence-electron chi connectivity index (χ2n) is 3.55. The van der Waals surface area contributed by atoms with Gasteiger partial charge < -0.3 is 5.32 Å². The maximum atomic E-state index is 11.3. The average molecular weight is 195 g/mol. The minimum atomic E-state index is 0.217. The van der Waals surface area contributed by atoms with Crippen LogP contribution in [0.3, 0.4) is 0 Å². The second-order valence-corrected chi connectivity index (χ2v) is 4.66. The third-order valence-corrected chi connectivity index (χ3v) is 3.34. The van der Waals surface area contributed by atoms with Crippen molar-refractivity contribution >= 4 is 17.2 Å². The van der Waals surface area contributed by atoms with Gasteiger partial charge in [-0.25, -0.2) is 0 Å². The van der Waals surface area contributed by atoms with Crippen molar-refractivity contribution in [1.82, 2.24) is 5.32 Å². The molecule has 3 heteroatoms. The maximum absolute atomic E-state index is 11.3. The Morgan fingerprint density at radius 2 is 2.54 bits per heavy atom. The van der Waals surface area contributed by atoms with Crippen LogP contribution in [0.5, 0.6) is 0 Å².